The fourth-order valence-electron chi connectivity index (χ4n) is 3.18. The summed E-state index contributed by atoms with van der Waals surface area (Å²) in [6, 6.07) is 1.45. The minimum atomic E-state index is -0.415. The fraction of sp³-hybridized carbons (Fsp3) is 0.600. The lowest BCUT2D eigenvalue weighted by molar-refractivity contribution is -0.00705. The van der Waals surface area contributed by atoms with Gasteiger partial charge in [0.05, 0.1) is 17.4 Å². The van der Waals surface area contributed by atoms with E-state index in [0.717, 1.165) is 19.3 Å². The molecule has 0 aliphatic heterocycles. The number of carbonyl (C=O) groups excluding carboxylic acids is 1. The van der Waals surface area contributed by atoms with Crippen LogP contribution in [0.25, 0.3) is 0 Å². The van der Waals surface area contributed by atoms with Crippen LogP contribution in [0.5, 0.6) is 0 Å². The molecular formula is C15H21ClN2O2. The second kappa shape index (κ2) is 5.60. The third kappa shape index (κ3) is 3.63. The molecule has 1 heterocycles. The summed E-state index contributed by atoms with van der Waals surface area (Å²) in [4.78, 5) is 16.1. The van der Waals surface area contributed by atoms with Crippen molar-refractivity contribution in [1.82, 2.24) is 4.98 Å². The molecule has 0 saturated heterocycles. The van der Waals surface area contributed by atoms with Crippen molar-refractivity contribution in [3.8, 4) is 0 Å². The topological polar surface area (TPSA) is 65.2 Å². The molecule has 2 rings (SSSR count). The molecule has 1 fully saturated rings. The quantitative estimate of drug-likeness (QED) is 0.668. The Morgan fingerprint density at radius 1 is 1.50 bits per heavy atom. The van der Waals surface area contributed by atoms with E-state index in [2.05, 4.69) is 25.8 Å². The summed E-state index contributed by atoms with van der Waals surface area (Å²) >= 11 is 5.80. The van der Waals surface area contributed by atoms with E-state index >= 15 is 0 Å². The second-order valence-corrected chi connectivity index (χ2v) is 6.92. The molecule has 1 aromatic rings. The van der Waals surface area contributed by atoms with Crippen molar-refractivity contribution < 1.29 is 9.53 Å². The van der Waals surface area contributed by atoms with E-state index in [0.29, 0.717) is 17.2 Å². The van der Waals surface area contributed by atoms with E-state index < -0.39 is 5.97 Å². The molecular weight excluding hydrogens is 276 g/mol. The van der Waals surface area contributed by atoms with E-state index in [1.807, 2.05) is 0 Å². The molecule has 5 heteroatoms. The van der Waals surface area contributed by atoms with Crippen molar-refractivity contribution in [1.29, 1.82) is 0 Å². The summed E-state index contributed by atoms with van der Waals surface area (Å²) in [7, 11) is 0. The zero-order valence-electron chi connectivity index (χ0n) is 12.1. The molecule has 0 bridgehead atoms. The van der Waals surface area contributed by atoms with Crippen LogP contribution in [0.1, 0.15) is 50.4 Å². The number of aromatic nitrogens is 1. The molecule has 1 aliphatic rings. The van der Waals surface area contributed by atoms with Gasteiger partial charge in [-0.15, -0.1) is 0 Å². The van der Waals surface area contributed by atoms with Crippen molar-refractivity contribution in [2.75, 3.05) is 5.73 Å². The zero-order valence-corrected chi connectivity index (χ0v) is 12.9. The van der Waals surface area contributed by atoms with E-state index in [9.17, 15) is 4.79 Å². The predicted molar refractivity (Wildman–Crippen MR) is 79.7 cm³/mol. The summed E-state index contributed by atoms with van der Waals surface area (Å²) in [5.41, 5.74) is 6.54. The normalized spacial score (nSPS) is 25.2. The number of hydrogen-bond acceptors (Lipinski definition) is 4. The van der Waals surface area contributed by atoms with Crippen LogP contribution in [-0.4, -0.2) is 17.1 Å². The zero-order chi connectivity index (χ0) is 14.9. The number of hydrogen-bond donors (Lipinski definition) is 1. The lowest BCUT2D eigenvalue weighted by atomic mass is 9.71. The van der Waals surface area contributed by atoms with Gasteiger partial charge in [-0.05, 0) is 36.7 Å². The number of halogens is 1. The minimum Gasteiger partial charge on any atom is -0.459 e. The van der Waals surface area contributed by atoms with Gasteiger partial charge in [-0.3, -0.25) is 0 Å². The number of esters is 1. The summed E-state index contributed by atoms with van der Waals surface area (Å²) in [6.45, 7) is 6.61. The lowest BCUT2D eigenvalue weighted by Crippen LogP contribution is -2.34. The predicted octanol–water partition coefficient (Wildman–Crippen LogP) is 3.69. The molecule has 20 heavy (non-hydrogen) atoms. The molecule has 2 unspecified atom stereocenters. The first kappa shape index (κ1) is 15.1. The third-order valence-electron chi connectivity index (χ3n) is 3.74. The largest absolute Gasteiger partial charge is 0.459 e. The van der Waals surface area contributed by atoms with Crippen LogP contribution in [0.4, 0.5) is 5.69 Å². The molecule has 0 radical (unpaired) electrons. The maximum absolute atomic E-state index is 12.2. The van der Waals surface area contributed by atoms with Crippen LogP contribution in [0, 0.1) is 11.3 Å². The Bertz CT molecular complexity index is 517. The summed E-state index contributed by atoms with van der Waals surface area (Å²) in [5.74, 6) is 0.136. The Kier molecular flexibility index (Phi) is 4.23. The lowest BCUT2D eigenvalue weighted by Gasteiger charge is -2.38. The fourth-order valence-corrected chi connectivity index (χ4v) is 3.34. The van der Waals surface area contributed by atoms with Crippen LogP contribution in [0.3, 0.4) is 0 Å². The highest BCUT2D eigenvalue weighted by Crippen LogP contribution is 2.40. The number of rotatable bonds is 2. The maximum atomic E-state index is 12.2. The van der Waals surface area contributed by atoms with E-state index in [1.165, 1.54) is 12.3 Å². The molecule has 2 N–H and O–H groups in total. The number of nitrogens with two attached hydrogens (primary N) is 1. The molecule has 0 amide bonds. The molecule has 0 aromatic carbocycles. The van der Waals surface area contributed by atoms with Crippen LogP contribution < -0.4 is 5.73 Å². The van der Waals surface area contributed by atoms with Crippen molar-refractivity contribution in [2.45, 2.75) is 46.1 Å². The van der Waals surface area contributed by atoms with Gasteiger partial charge in [0.2, 0.25) is 0 Å². The van der Waals surface area contributed by atoms with Gasteiger partial charge in [0.25, 0.3) is 0 Å². The molecule has 2 atom stereocenters. The molecule has 1 aromatic heterocycles. The minimum absolute atomic E-state index is 0.0624. The van der Waals surface area contributed by atoms with Gasteiger partial charge in [0.15, 0.2) is 0 Å². The van der Waals surface area contributed by atoms with Gasteiger partial charge in [-0.1, -0.05) is 32.4 Å². The highest BCUT2D eigenvalue weighted by atomic mass is 35.5. The monoisotopic (exact) mass is 296 g/mol. The van der Waals surface area contributed by atoms with Crippen LogP contribution >= 0.6 is 11.6 Å². The highest BCUT2D eigenvalue weighted by molar-refractivity contribution is 6.29. The third-order valence-corrected chi connectivity index (χ3v) is 3.95. The molecule has 1 saturated carbocycles. The van der Waals surface area contributed by atoms with Gasteiger partial charge in [0.1, 0.15) is 11.3 Å². The molecule has 110 valence electrons. The highest BCUT2D eigenvalue weighted by Gasteiger charge is 2.34. The van der Waals surface area contributed by atoms with Gasteiger partial charge in [-0.2, -0.15) is 0 Å². The average molecular weight is 297 g/mol. The summed E-state index contributed by atoms with van der Waals surface area (Å²) < 4.78 is 5.61. The van der Waals surface area contributed by atoms with Crippen LogP contribution in [-0.2, 0) is 4.74 Å². The van der Waals surface area contributed by atoms with Crippen molar-refractivity contribution in [2.24, 2.45) is 11.3 Å². The summed E-state index contributed by atoms with van der Waals surface area (Å²) in [6.07, 6.45) is 4.25. The number of pyridine rings is 1. The van der Waals surface area contributed by atoms with Gasteiger partial charge >= 0.3 is 5.97 Å². The van der Waals surface area contributed by atoms with Crippen molar-refractivity contribution in [3.05, 3.63) is 23.0 Å². The Morgan fingerprint density at radius 2 is 2.20 bits per heavy atom. The first-order valence-corrected chi connectivity index (χ1v) is 7.26. The number of ether oxygens (including phenoxy) is 1. The van der Waals surface area contributed by atoms with Crippen molar-refractivity contribution >= 4 is 23.3 Å². The number of nitrogen functional groups attached to an aromatic ring is 1. The van der Waals surface area contributed by atoms with E-state index in [4.69, 9.17) is 22.1 Å². The van der Waals surface area contributed by atoms with Gasteiger partial charge in [-0.25, -0.2) is 9.78 Å². The Labute approximate surface area is 124 Å². The first-order valence-electron chi connectivity index (χ1n) is 6.89. The smallest absolute Gasteiger partial charge is 0.340 e. The Hall–Kier alpha value is -1.29. The number of anilines is 1. The van der Waals surface area contributed by atoms with E-state index in [1.54, 1.807) is 0 Å². The number of carbonyl (C=O) groups is 1. The van der Waals surface area contributed by atoms with Crippen LogP contribution in [0.2, 0.25) is 5.15 Å². The SMILES string of the molecule is CC1CC(OC(=O)c2cc(Cl)ncc2N)CC(C)(C)C1. The van der Waals surface area contributed by atoms with Crippen LogP contribution in [0.15, 0.2) is 12.3 Å². The number of nitrogens with zero attached hydrogens (tertiary/aromatic N) is 1. The summed E-state index contributed by atoms with van der Waals surface area (Å²) in [5, 5.41) is 0.239. The Balaban J connectivity index is 2.09. The molecule has 1 aliphatic carbocycles. The van der Waals surface area contributed by atoms with Crippen molar-refractivity contribution in [3.63, 3.8) is 0 Å². The maximum Gasteiger partial charge on any atom is 0.340 e. The standard InChI is InChI=1S/C15H21ClN2O2/c1-9-4-10(7-15(2,3)6-9)20-14(19)11-5-13(16)18-8-12(11)17/h5,8-10H,4,6-7,17H2,1-3H3. The average Bonchev–Trinajstić information content (AvgIpc) is 2.29. The van der Waals surface area contributed by atoms with E-state index in [-0.39, 0.29) is 16.7 Å². The van der Waals surface area contributed by atoms with Gasteiger partial charge in [0, 0.05) is 0 Å². The molecule has 4 nitrogen and oxygen atoms in total. The Morgan fingerprint density at radius 3 is 2.85 bits per heavy atom. The second-order valence-electron chi connectivity index (χ2n) is 6.53. The van der Waals surface area contributed by atoms with Gasteiger partial charge < -0.3 is 10.5 Å². The molecule has 0 spiro atoms. The first-order chi connectivity index (χ1) is 9.27.